The molecule has 3 nitrogen and oxygen atoms in total. The lowest BCUT2D eigenvalue weighted by atomic mass is 10.2. The van der Waals surface area contributed by atoms with Crippen LogP contribution in [0.2, 0.25) is 5.28 Å². The summed E-state index contributed by atoms with van der Waals surface area (Å²) < 4.78 is 14.4. The van der Waals surface area contributed by atoms with Gasteiger partial charge in [-0.05, 0) is 41.9 Å². The highest BCUT2D eigenvalue weighted by Crippen LogP contribution is 2.16. The molecule has 0 fully saturated rings. The van der Waals surface area contributed by atoms with E-state index < -0.39 is 5.82 Å². The summed E-state index contributed by atoms with van der Waals surface area (Å²) in [6, 6.07) is 12.6. The topological polar surface area (TPSA) is 34.9 Å². The van der Waals surface area contributed by atoms with E-state index in [0.717, 1.165) is 0 Å². The molecule has 5 heteroatoms. The van der Waals surface area contributed by atoms with Gasteiger partial charge in [0.05, 0.1) is 16.6 Å². The van der Waals surface area contributed by atoms with Gasteiger partial charge in [0.1, 0.15) is 5.82 Å². The minimum Gasteiger partial charge on any atom is -0.268 e. The van der Waals surface area contributed by atoms with Crippen molar-refractivity contribution in [3.05, 3.63) is 70.0 Å². The van der Waals surface area contributed by atoms with Gasteiger partial charge >= 0.3 is 0 Å². The van der Waals surface area contributed by atoms with E-state index in [1.54, 1.807) is 30.3 Å². The molecule has 0 unspecified atom stereocenters. The smallest absolute Gasteiger partial charge is 0.266 e. The molecule has 0 bridgehead atoms. The van der Waals surface area contributed by atoms with Crippen LogP contribution in [0, 0.1) is 5.82 Å². The lowest BCUT2D eigenvalue weighted by Crippen LogP contribution is -2.20. The van der Waals surface area contributed by atoms with Gasteiger partial charge in [-0.3, -0.25) is 9.36 Å². The Kier molecular flexibility index (Phi) is 2.80. The fraction of sp³-hybridized carbons (Fsp3) is 0. The molecule has 3 aromatic rings. The minimum atomic E-state index is -0.436. The number of nitrogens with zero attached hydrogens (tertiary/aromatic N) is 2. The highest BCUT2D eigenvalue weighted by atomic mass is 35.5. The van der Waals surface area contributed by atoms with Crippen molar-refractivity contribution in [1.29, 1.82) is 0 Å². The molecule has 0 radical (unpaired) electrons. The molecule has 2 aromatic carbocycles. The van der Waals surface area contributed by atoms with Gasteiger partial charge < -0.3 is 0 Å². The van der Waals surface area contributed by atoms with Crippen LogP contribution in [0.1, 0.15) is 0 Å². The van der Waals surface area contributed by atoms with Gasteiger partial charge in [-0.15, -0.1) is 0 Å². The van der Waals surface area contributed by atoms with E-state index in [0.29, 0.717) is 16.6 Å². The number of rotatable bonds is 1. The van der Waals surface area contributed by atoms with Crippen LogP contribution in [-0.4, -0.2) is 9.55 Å². The van der Waals surface area contributed by atoms with Gasteiger partial charge in [0.25, 0.3) is 5.56 Å². The molecule has 94 valence electrons. The standard InChI is InChI=1S/C14H8ClFN2O/c15-14-17-12-7-2-1-6-11(12)13(19)18(14)10-5-3-4-9(16)8-10/h1-8H. The second kappa shape index (κ2) is 4.48. The number of aromatic nitrogens is 2. The molecule has 1 heterocycles. The van der Waals surface area contributed by atoms with Crippen LogP contribution in [-0.2, 0) is 0 Å². The van der Waals surface area contributed by atoms with Gasteiger partial charge in [0.2, 0.25) is 5.28 Å². The fourth-order valence-corrected chi connectivity index (χ4v) is 2.21. The largest absolute Gasteiger partial charge is 0.268 e. The van der Waals surface area contributed by atoms with Gasteiger partial charge in [0.15, 0.2) is 0 Å². The van der Waals surface area contributed by atoms with Crippen LogP contribution in [0.5, 0.6) is 0 Å². The van der Waals surface area contributed by atoms with Crippen molar-refractivity contribution in [3.63, 3.8) is 0 Å². The van der Waals surface area contributed by atoms with Gasteiger partial charge in [-0.25, -0.2) is 9.37 Å². The summed E-state index contributed by atoms with van der Waals surface area (Å²) in [5.41, 5.74) is 0.555. The van der Waals surface area contributed by atoms with Crippen LogP contribution in [0.25, 0.3) is 16.6 Å². The van der Waals surface area contributed by atoms with E-state index in [1.165, 1.54) is 22.8 Å². The monoisotopic (exact) mass is 274 g/mol. The second-order valence-electron chi connectivity index (χ2n) is 4.02. The first kappa shape index (κ1) is 11.9. The van der Waals surface area contributed by atoms with E-state index in [4.69, 9.17) is 11.6 Å². The third-order valence-corrected chi connectivity index (χ3v) is 3.05. The van der Waals surface area contributed by atoms with Crippen molar-refractivity contribution in [2.45, 2.75) is 0 Å². The van der Waals surface area contributed by atoms with Gasteiger partial charge in [-0.2, -0.15) is 0 Å². The van der Waals surface area contributed by atoms with E-state index in [1.807, 2.05) is 0 Å². The highest BCUT2D eigenvalue weighted by molar-refractivity contribution is 6.29. The van der Waals surface area contributed by atoms with Crippen LogP contribution in [0.3, 0.4) is 0 Å². The van der Waals surface area contributed by atoms with Crippen molar-refractivity contribution in [2.75, 3.05) is 0 Å². The van der Waals surface area contributed by atoms with E-state index in [2.05, 4.69) is 4.98 Å². The molecule has 3 rings (SSSR count). The lowest BCUT2D eigenvalue weighted by molar-refractivity contribution is 0.626. The molecule has 0 aliphatic rings. The first-order chi connectivity index (χ1) is 9.16. The molecule has 0 saturated carbocycles. The summed E-state index contributed by atoms with van der Waals surface area (Å²) in [6.07, 6.45) is 0. The summed E-state index contributed by atoms with van der Waals surface area (Å²) in [7, 11) is 0. The van der Waals surface area contributed by atoms with Crippen molar-refractivity contribution in [1.82, 2.24) is 9.55 Å². The molecular formula is C14H8ClFN2O. The van der Waals surface area contributed by atoms with Crippen molar-refractivity contribution in [3.8, 4) is 5.69 Å². The molecule has 1 aromatic heterocycles. The Hall–Kier alpha value is -2.20. The maximum Gasteiger partial charge on any atom is 0.266 e. The molecule has 0 saturated heterocycles. The number of hydrogen-bond acceptors (Lipinski definition) is 2. The average Bonchev–Trinajstić information content (AvgIpc) is 2.39. The minimum absolute atomic E-state index is 0.00861. The average molecular weight is 275 g/mol. The highest BCUT2D eigenvalue weighted by Gasteiger charge is 2.11. The number of fused-ring (bicyclic) bond motifs is 1. The predicted octanol–water partition coefficient (Wildman–Crippen LogP) is 3.18. The molecule has 0 spiro atoms. The first-order valence-corrected chi connectivity index (χ1v) is 5.98. The quantitative estimate of drug-likeness (QED) is 0.639. The van der Waals surface area contributed by atoms with Crippen LogP contribution in [0.15, 0.2) is 53.3 Å². The number of hydrogen-bond donors (Lipinski definition) is 0. The van der Waals surface area contributed by atoms with E-state index in [9.17, 15) is 9.18 Å². The summed E-state index contributed by atoms with van der Waals surface area (Å²) in [6.45, 7) is 0. The number of para-hydroxylation sites is 1. The predicted molar refractivity (Wildman–Crippen MR) is 72.3 cm³/mol. The third-order valence-electron chi connectivity index (χ3n) is 2.80. The zero-order valence-corrected chi connectivity index (χ0v) is 10.4. The Balaban J connectivity index is 2.39. The first-order valence-electron chi connectivity index (χ1n) is 5.60. The maximum absolute atomic E-state index is 13.3. The SMILES string of the molecule is O=c1c2ccccc2nc(Cl)n1-c1cccc(F)c1. The van der Waals surface area contributed by atoms with Crippen molar-refractivity contribution >= 4 is 22.5 Å². The zero-order valence-electron chi connectivity index (χ0n) is 9.68. The molecule has 0 aliphatic heterocycles. The number of benzene rings is 2. The van der Waals surface area contributed by atoms with E-state index >= 15 is 0 Å². The molecule has 0 aliphatic carbocycles. The van der Waals surface area contributed by atoms with Gasteiger partial charge in [-0.1, -0.05) is 18.2 Å². The summed E-state index contributed by atoms with van der Waals surface area (Å²) in [4.78, 5) is 16.5. The molecule has 0 atom stereocenters. The second-order valence-corrected chi connectivity index (χ2v) is 4.36. The molecular weight excluding hydrogens is 267 g/mol. The van der Waals surface area contributed by atoms with Crippen LogP contribution in [0.4, 0.5) is 4.39 Å². The van der Waals surface area contributed by atoms with Crippen LogP contribution >= 0.6 is 11.6 Å². The van der Waals surface area contributed by atoms with Gasteiger partial charge in [0, 0.05) is 0 Å². The van der Waals surface area contributed by atoms with Crippen molar-refractivity contribution < 1.29 is 4.39 Å². The molecule has 19 heavy (non-hydrogen) atoms. The normalized spacial score (nSPS) is 10.8. The Bertz CT molecular complexity index is 829. The molecule has 0 N–H and O–H groups in total. The number of halogens is 2. The van der Waals surface area contributed by atoms with E-state index in [-0.39, 0.29) is 10.8 Å². The third kappa shape index (κ3) is 2.00. The Labute approximate surface area is 112 Å². The lowest BCUT2D eigenvalue weighted by Gasteiger charge is -2.09. The summed E-state index contributed by atoms with van der Waals surface area (Å²) in [5, 5.41) is 0.450. The Morgan fingerprint density at radius 1 is 1.11 bits per heavy atom. The molecule has 0 amide bonds. The Morgan fingerprint density at radius 2 is 1.89 bits per heavy atom. The Morgan fingerprint density at radius 3 is 2.68 bits per heavy atom. The summed E-state index contributed by atoms with van der Waals surface area (Å²) in [5.74, 6) is -0.436. The maximum atomic E-state index is 13.3. The zero-order chi connectivity index (χ0) is 13.4. The van der Waals surface area contributed by atoms with Crippen molar-refractivity contribution in [2.24, 2.45) is 0 Å². The fourth-order valence-electron chi connectivity index (χ4n) is 1.94. The van der Waals surface area contributed by atoms with Crippen LogP contribution < -0.4 is 5.56 Å². The summed E-state index contributed by atoms with van der Waals surface area (Å²) >= 11 is 6.02.